The summed E-state index contributed by atoms with van der Waals surface area (Å²) in [5.74, 6) is 1.41. The second kappa shape index (κ2) is 6.09. The Kier molecular flexibility index (Phi) is 3.78. The van der Waals surface area contributed by atoms with Gasteiger partial charge in [-0.05, 0) is 30.7 Å². The first-order valence-corrected chi connectivity index (χ1v) is 8.50. The maximum absolute atomic E-state index is 12.0. The van der Waals surface area contributed by atoms with E-state index in [0.29, 0.717) is 16.6 Å². The Labute approximate surface area is 142 Å². The predicted molar refractivity (Wildman–Crippen MR) is 90.2 cm³/mol. The lowest BCUT2D eigenvalue weighted by molar-refractivity contribution is -0.115. The lowest BCUT2D eigenvalue weighted by Crippen LogP contribution is -2.14. The van der Waals surface area contributed by atoms with Crippen molar-refractivity contribution >= 4 is 22.4 Å². The molecule has 122 valence electrons. The van der Waals surface area contributed by atoms with Crippen molar-refractivity contribution in [1.82, 2.24) is 10.1 Å². The van der Waals surface area contributed by atoms with Crippen LogP contribution in [0, 0.1) is 0 Å². The summed E-state index contributed by atoms with van der Waals surface area (Å²) >= 11 is 1.38. The molecule has 1 N–H and O–H groups in total. The van der Waals surface area contributed by atoms with Crippen LogP contribution in [0.5, 0.6) is 5.75 Å². The second-order valence-corrected chi connectivity index (χ2v) is 6.59. The van der Waals surface area contributed by atoms with Crippen LogP contribution < -0.4 is 10.1 Å². The van der Waals surface area contributed by atoms with Crippen LogP contribution in [0.3, 0.4) is 0 Å². The summed E-state index contributed by atoms with van der Waals surface area (Å²) < 4.78 is 11.1. The molecule has 0 saturated heterocycles. The van der Waals surface area contributed by atoms with E-state index in [-0.39, 0.29) is 18.4 Å². The largest absolute Gasteiger partial charge is 0.490 e. The average Bonchev–Trinajstić information content (AvgIpc) is 3.26. The molecule has 1 amide bonds. The fourth-order valence-electron chi connectivity index (χ4n) is 2.72. The molecule has 0 fully saturated rings. The molecule has 1 atom stereocenters. The van der Waals surface area contributed by atoms with E-state index in [1.165, 1.54) is 16.9 Å². The molecule has 1 aromatic carbocycles. The van der Waals surface area contributed by atoms with E-state index >= 15 is 0 Å². The summed E-state index contributed by atoms with van der Waals surface area (Å²) in [6.45, 7) is 2.05. The van der Waals surface area contributed by atoms with Gasteiger partial charge < -0.3 is 14.6 Å². The molecular formula is C17H15N3O3S. The molecule has 0 radical (unpaired) electrons. The van der Waals surface area contributed by atoms with Crippen LogP contribution in [0.4, 0.5) is 5.13 Å². The number of amides is 1. The monoisotopic (exact) mass is 341 g/mol. The maximum atomic E-state index is 12.0. The number of aromatic nitrogens is 2. The van der Waals surface area contributed by atoms with Gasteiger partial charge in [0.1, 0.15) is 11.9 Å². The highest BCUT2D eigenvalue weighted by atomic mass is 32.1. The van der Waals surface area contributed by atoms with Crippen LogP contribution >= 0.6 is 11.3 Å². The first-order valence-electron chi connectivity index (χ1n) is 7.62. The van der Waals surface area contributed by atoms with E-state index < -0.39 is 0 Å². The minimum Gasteiger partial charge on any atom is -0.490 e. The van der Waals surface area contributed by atoms with Crippen LogP contribution in [0.2, 0.25) is 0 Å². The average molecular weight is 341 g/mol. The Hall–Kier alpha value is -2.67. The Balaban J connectivity index is 1.47. The van der Waals surface area contributed by atoms with E-state index in [9.17, 15) is 4.79 Å². The highest BCUT2D eigenvalue weighted by Gasteiger charge is 2.20. The van der Waals surface area contributed by atoms with Crippen molar-refractivity contribution < 1.29 is 14.1 Å². The van der Waals surface area contributed by atoms with E-state index in [4.69, 9.17) is 9.26 Å². The fourth-order valence-corrected chi connectivity index (χ4v) is 3.26. The number of hydrogen-bond donors (Lipinski definition) is 1. The number of anilines is 1. The molecule has 1 aliphatic heterocycles. The topological polar surface area (TPSA) is 77.3 Å². The van der Waals surface area contributed by atoms with Gasteiger partial charge in [-0.1, -0.05) is 5.16 Å². The van der Waals surface area contributed by atoms with Crippen molar-refractivity contribution in [2.75, 3.05) is 5.32 Å². The molecule has 4 rings (SSSR count). The number of carbonyl (C=O) groups is 1. The molecule has 3 aromatic rings. The number of fused-ring (bicyclic) bond motifs is 1. The zero-order valence-corrected chi connectivity index (χ0v) is 13.8. The molecule has 24 heavy (non-hydrogen) atoms. The van der Waals surface area contributed by atoms with E-state index in [0.717, 1.165) is 17.7 Å². The van der Waals surface area contributed by atoms with Gasteiger partial charge in [0.2, 0.25) is 5.91 Å². The first-order chi connectivity index (χ1) is 11.7. The third-order valence-corrected chi connectivity index (χ3v) is 4.45. The standard InChI is InChI=1S/C17H15N3O3S/c1-10-6-12-7-11(2-3-14(12)22-10)15-8-13(20-23-15)9-16(21)19-17-18-4-5-24-17/h2-5,7-8,10H,6,9H2,1H3,(H,18,19,21)/t10-/m0/s1. The lowest BCUT2D eigenvalue weighted by atomic mass is 10.1. The molecule has 0 bridgehead atoms. The number of nitrogens with one attached hydrogen (secondary N) is 1. The molecular weight excluding hydrogens is 326 g/mol. The van der Waals surface area contributed by atoms with Crippen molar-refractivity contribution in [1.29, 1.82) is 0 Å². The Morgan fingerprint density at radius 3 is 3.17 bits per heavy atom. The van der Waals surface area contributed by atoms with Crippen LogP contribution in [0.15, 0.2) is 40.4 Å². The van der Waals surface area contributed by atoms with Crippen molar-refractivity contribution in [3.05, 3.63) is 47.1 Å². The minimum absolute atomic E-state index is 0.147. The van der Waals surface area contributed by atoms with Gasteiger partial charge in [0.05, 0.1) is 12.1 Å². The number of nitrogens with zero attached hydrogens (tertiary/aromatic N) is 2. The van der Waals surface area contributed by atoms with Crippen molar-refractivity contribution in [2.45, 2.75) is 25.9 Å². The first kappa shape index (κ1) is 14.9. The zero-order valence-electron chi connectivity index (χ0n) is 13.0. The van der Waals surface area contributed by atoms with Crippen LogP contribution in [0.25, 0.3) is 11.3 Å². The summed E-state index contributed by atoms with van der Waals surface area (Å²) in [7, 11) is 0. The third kappa shape index (κ3) is 3.03. The van der Waals surface area contributed by atoms with Gasteiger partial charge in [0.15, 0.2) is 10.9 Å². The molecule has 3 heterocycles. The third-order valence-electron chi connectivity index (χ3n) is 3.76. The zero-order chi connectivity index (χ0) is 16.5. The van der Waals surface area contributed by atoms with Gasteiger partial charge >= 0.3 is 0 Å². The number of thiazole rings is 1. The summed E-state index contributed by atoms with van der Waals surface area (Å²) in [4.78, 5) is 16.0. The van der Waals surface area contributed by atoms with E-state index in [1.807, 2.05) is 24.4 Å². The number of rotatable bonds is 4. The second-order valence-electron chi connectivity index (χ2n) is 5.70. The minimum atomic E-state index is -0.166. The van der Waals surface area contributed by atoms with Gasteiger partial charge in [0.25, 0.3) is 0 Å². The molecule has 0 saturated carbocycles. The molecule has 6 nitrogen and oxygen atoms in total. The molecule has 1 aliphatic rings. The molecule has 2 aromatic heterocycles. The van der Waals surface area contributed by atoms with Crippen LogP contribution in [-0.4, -0.2) is 22.2 Å². The quantitative estimate of drug-likeness (QED) is 0.788. The van der Waals surface area contributed by atoms with Gasteiger partial charge in [-0.2, -0.15) is 0 Å². The highest BCUT2D eigenvalue weighted by Crippen LogP contribution is 2.33. The number of benzene rings is 1. The summed E-state index contributed by atoms with van der Waals surface area (Å²) in [6, 6.07) is 7.74. The van der Waals surface area contributed by atoms with E-state index in [1.54, 1.807) is 12.3 Å². The molecule has 0 spiro atoms. The normalized spacial score (nSPS) is 15.8. The summed E-state index contributed by atoms with van der Waals surface area (Å²) in [5.41, 5.74) is 2.69. The summed E-state index contributed by atoms with van der Waals surface area (Å²) in [5, 5.41) is 9.10. The molecule has 0 unspecified atom stereocenters. The smallest absolute Gasteiger partial charge is 0.232 e. The number of carbonyl (C=O) groups excluding carboxylic acids is 1. The van der Waals surface area contributed by atoms with Gasteiger partial charge in [-0.15, -0.1) is 11.3 Å². The van der Waals surface area contributed by atoms with Crippen LogP contribution in [0.1, 0.15) is 18.2 Å². The Bertz CT molecular complexity index is 873. The lowest BCUT2D eigenvalue weighted by Gasteiger charge is -2.02. The van der Waals surface area contributed by atoms with Crippen LogP contribution in [-0.2, 0) is 17.6 Å². The van der Waals surface area contributed by atoms with Crippen molar-refractivity contribution in [3.63, 3.8) is 0 Å². The van der Waals surface area contributed by atoms with Gasteiger partial charge in [0, 0.05) is 29.6 Å². The van der Waals surface area contributed by atoms with Gasteiger partial charge in [-0.25, -0.2) is 4.98 Å². The van der Waals surface area contributed by atoms with Crippen molar-refractivity contribution in [3.8, 4) is 17.1 Å². The van der Waals surface area contributed by atoms with E-state index in [2.05, 4.69) is 21.5 Å². The summed E-state index contributed by atoms with van der Waals surface area (Å²) in [6.07, 6.45) is 2.89. The predicted octanol–water partition coefficient (Wildman–Crippen LogP) is 3.30. The molecule has 0 aliphatic carbocycles. The fraction of sp³-hybridized carbons (Fsp3) is 0.235. The Morgan fingerprint density at radius 2 is 2.33 bits per heavy atom. The number of hydrogen-bond acceptors (Lipinski definition) is 6. The number of ether oxygens (including phenoxy) is 1. The highest BCUT2D eigenvalue weighted by molar-refractivity contribution is 7.13. The maximum Gasteiger partial charge on any atom is 0.232 e. The SMILES string of the molecule is C[C@H]1Cc2cc(-c3cc(CC(=O)Nc4nccs4)no3)ccc2O1. The van der Waals surface area contributed by atoms with Gasteiger partial charge in [-0.3, -0.25) is 4.79 Å². The Morgan fingerprint density at radius 1 is 1.42 bits per heavy atom. The van der Waals surface area contributed by atoms with Crippen molar-refractivity contribution in [2.24, 2.45) is 0 Å². The molecule has 7 heteroatoms.